The van der Waals surface area contributed by atoms with Crippen molar-refractivity contribution in [2.75, 3.05) is 7.11 Å². The molecule has 116 valence electrons. The van der Waals surface area contributed by atoms with Crippen molar-refractivity contribution in [2.45, 2.75) is 0 Å². The highest BCUT2D eigenvalue weighted by molar-refractivity contribution is 6.08. The lowest BCUT2D eigenvalue weighted by Crippen LogP contribution is -1.88. The molecule has 1 aromatic heterocycles. The minimum atomic E-state index is 0.862. The minimum Gasteiger partial charge on any atom is -0.497 e. The Labute approximate surface area is 141 Å². The first-order valence-electron chi connectivity index (χ1n) is 7.95. The molecule has 0 atom stereocenters. The Kier molecular flexibility index (Phi) is 3.72. The highest BCUT2D eigenvalue weighted by atomic mass is 16.5. The van der Waals surface area contributed by atoms with Gasteiger partial charge in [-0.05, 0) is 35.2 Å². The Hall–Kier alpha value is -3.13. The van der Waals surface area contributed by atoms with Crippen molar-refractivity contribution in [3.05, 3.63) is 84.1 Å². The first-order valence-corrected chi connectivity index (χ1v) is 7.95. The molecular weight excluding hydrogens is 294 g/mol. The summed E-state index contributed by atoms with van der Waals surface area (Å²) in [7, 11) is 1.68. The van der Waals surface area contributed by atoms with E-state index in [1.54, 1.807) is 7.11 Å². The quantitative estimate of drug-likeness (QED) is 0.462. The third kappa shape index (κ3) is 2.63. The van der Waals surface area contributed by atoms with Gasteiger partial charge < -0.3 is 4.74 Å². The summed E-state index contributed by atoms with van der Waals surface area (Å²) >= 11 is 0. The molecule has 1 heterocycles. The summed E-state index contributed by atoms with van der Waals surface area (Å²) in [5.41, 5.74) is 3.13. The van der Waals surface area contributed by atoms with Crippen LogP contribution in [-0.2, 0) is 0 Å². The molecular formula is C22H17NO. The fraction of sp³-hybridized carbons (Fsp3) is 0.0455. The molecule has 0 spiro atoms. The predicted molar refractivity (Wildman–Crippen MR) is 101 cm³/mol. The lowest BCUT2D eigenvalue weighted by Gasteiger charge is -2.07. The molecule has 0 saturated heterocycles. The van der Waals surface area contributed by atoms with Crippen LogP contribution in [0.4, 0.5) is 0 Å². The average molecular weight is 311 g/mol. The van der Waals surface area contributed by atoms with Gasteiger partial charge in [-0.1, -0.05) is 60.7 Å². The van der Waals surface area contributed by atoms with Gasteiger partial charge in [-0.3, -0.25) is 0 Å². The molecule has 24 heavy (non-hydrogen) atoms. The zero-order valence-electron chi connectivity index (χ0n) is 13.4. The summed E-state index contributed by atoms with van der Waals surface area (Å²) in [4.78, 5) is 4.84. The van der Waals surface area contributed by atoms with E-state index in [0.717, 1.165) is 22.5 Å². The Bertz CT molecular complexity index is 1030. The molecule has 0 radical (unpaired) electrons. The van der Waals surface area contributed by atoms with Gasteiger partial charge in [-0.15, -0.1) is 0 Å². The number of nitrogens with zero attached hydrogens (tertiary/aromatic N) is 1. The van der Waals surface area contributed by atoms with Crippen LogP contribution in [0.3, 0.4) is 0 Å². The van der Waals surface area contributed by atoms with Crippen LogP contribution in [0.5, 0.6) is 5.75 Å². The second-order valence-corrected chi connectivity index (χ2v) is 5.67. The summed E-state index contributed by atoms with van der Waals surface area (Å²) in [5, 5.41) is 3.59. The van der Waals surface area contributed by atoms with E-state index in [-0.39, 0.29) is 0 Å². The Morgan fingerprint density at radius 1 is 0.708 bits per heavy atom. The van der Waals surface area contributed by atoms with Crippen molar-refractivity contribution in [1.82, 2.24) is 4.98 Å². The molecule has 0 bridgehead atoms. The van der Waals surface area contributed by atoms with Crippen LogP contribution in [0.1, 0.15) is 11.3 Å². The van der Waals surface area contributed by atoms with E-state index < -0.39 is 0 Å². The lowest BCUT2D eigenvalue weighted by molar-refractivity contribution is 0.415. The number of hydrogen-bond acceptors (Lipinski definition) is 2. The number of rotatable bonds is 3. The van der Waals surface area contributed by atoms with Crippen LogP contribution in [0.15, 0.2) is 72.8 Å². The summed E-state index contributed by atoms with van der Waals surface area (Å²) in [6.07, 6.45) is 4.17. The Balaban J connectivity index is 1.83. The monoisotopic (exact) mass is 311 g/mol. The van der Waals surface area contributed by atoms with E-state index in [1.807, 2.05) is 30.3 Å². The minimum absolute atomic E-state index is 0.862. The SMILES string of the molecule is COc1ccc(/C=C/c2nc3ccccc3c3ccccc23)cc1. The average Bonchev–Trinajstić information content (AvgIpc) is 2.66. The van der Waals surface area contributed by atoms with Crippen LogP contribution >= 0.6 is 0 Å². The first-order chi connectivity index (χ1) is 11.8. The molecule has 0 aliphatic carbocycles. The molecule has 2 heteroatoms. The molecule has 0 N–H and O–H groups in total. The van der Waals surface area contributed by atoms with Crippen LogP contribution in [-0.4, -0.2) is 12.1 Å². The third-order valence-corrected chi connectivity index (χ3v) is 4.19. The van der Waals surface area contributed by atoms with E-state index in [2.05, 4.69) is 54.6 Å². The third-order valence-electron chi connectivity index (χ3n) is 4.19. The summed E-state index contributed by atoms with van der Waals surface area (Å²) in [6, 6.07) is 24.7. The molecule has 3 aromatic carbocycles. The fourth-order valence-electron chi connectivity index (χ4n) is 2.95. The molecule has 2 nitrogen and oxygen atoms in total. The van der Waals surface area contributed by atoms with Crippen LogP contribution in [0.2, 0.25) is 0 Å². The normalized spacial score (nSPS) is 11.4. The molecule has 4 aromatic rings. The van der Waals surface area contributed by atoms with Gasteiger partial charge in [0.2, 0.25) is 0 Å². The second kappa shape index (κ2) is 6.17. The zero-order valence-corrected chi connectivity index (χ0v) is 13.4. The summed E-state index contributed by atoms with van der Waals surface area (Å²) < 4.78 is 5.20. The standard InChI is InChI=1S/C22H17NO/c1-24-17-13-10-16(11-14-17)12-15-22-20-7-3-2-6-18(20)19-8-4-5-9-21(19)23-22/h2-15H,1H3/b15-12+. The number of fused-ring (bicyclic) bond motifs is 3. The number of benzene rings is 3. The Morgan fingerprint density at radius 2 is 1.38 bits per heavy atom. The number of hydrogen-bond donors (Lipinski definition) is 0. The van der Waals surface area contributed by atoms with Crippen molar-refractivity contribution in [1.29, 1.82) is 0 Å². The highest BCUT2D eigenvalue weighted by Crippen LogP contribution is 2.27. The molecule has 4 rings (SSSR count). The van der Waals surface area contributed by atoms with Gasteiger partial charge in [-0.2, -0.15) is 0 Å². The largest absolute Gasteiger partial charge is 0.497 e. The van der Waals surface area contributed by atoms with Gasteiger partial charge in [0.1, 0.15) is 5.75 Å². The van der Waals surface area contributed by atoms with E-state index in [9.17, 15) is 0 Å². The molecule has 0 saturated carbocycles. The van der Waals surface area contributed by atoms with Gasteiger partial charge in [0, 0.05) is 10.8 Å². The smallest absolute Gasteiger partial charge is 0.118 e. The molecule has 0 unspecified atom stereocenters. The van der Waals surface area contributed by atoms with Gasteiger partial charge in [-0.25, -0.2) is 4.98 Å². The van der Waals surface area contributed by atoms with E-state index in [1.165, 1.54) is 16.2 Å². The van der Waals surface area contributed by atoms with Crippen molar-refractivity contribution < 1.29 is 4.74 Å². The van der Waals surface area contributed by atoms with E-state index >= 15 is 0 Å². The second-order valence-electron chi connectivity index (χ2n) is 5.67. The zero-order chi connectivity index (χ0) is 16.4. The first kappa shape index (κ1) is 14.5. The number of ether oxygens (including phenoxy) is 1. The summed E-state index contributed by atoms with van der Waals surface area (Å²) in [5.74, 6) is 0.862. The topological polar surface area (TPSA) is 22.1 Å². The number of para-hydroxylation sites is 1. The van der Waals surface area contributed by atoms with Crippen LogP contribution in [0, 0.1) is 0 Å². The number of aromatic nitrogens is 1. The van der Waals surface area contributed by atoms with Crippen molar-refractivity contribution in [3.8, 4) is 5.75 Å². The van der Waals surface area contributed by atoms with Gasteiger partial charge in [0.25, 0.3) is 0 Å². The van der Waals surface area contributed by atoms with Crippen molar-refractivity contribution in [3.63, 3.8) is 0 Å². The lowest BCUT2D eigenvalue weighted by atomic mass is 10.0. The van der Waals surface area contributed by atoms with Crippen molar-refractivity contribution in [2.24, 2.45) is 0 Å². The maximum absolute atomic E-state index is 5.20. The van der Waals surface area contributed by atoms with E-state index in [4.69, 9.17) is 9.72 Å². The molecule has 0 aliphatic rings. The predicted octanol–water partition coefficient (Wildman–Crippen LogP) is 5.57. The van der Waals surface area contributed by atoms with Gasteiger partial charge in [0.05, 0.1) is 18.3 Å². The molecule has 0 aliphatic heterocycles. The van der Waals surface area contributed by atoms with E-state index in [0.29, 0.717) is 0 Å². The molecule has 0 fully saturated rings. The van der Waals surface area contributed by atoms with Gasteiger partial charge in [0.15, 0.2) is 0 Å². The van der Waals surface area contributed by atoms with Crippen LogP contribution in [0.25, 0.3) is 33.8 Å². The molecule has 0 amide bonds. The number of methoxy groups -OCH3 is 1. The van der Waals surface area contributed by atoms with Gasteiger partial charge >= 0.3 is 0 Å². The van der Waals surface area contributed by atoms with Crippen LogP contribution < -0.4 is 4.74 Å². The van der Waals surface area contributed by atoms with Crippen molar-refractivity contribution >= 4 is 33.8 Å². The maximum atomic E-state index is 5.20. The number of pyridine rings is 1. The Morgan fingerprint density at radius 3 is 2.12 bits per heavy atom. The maximum Gasteiger partial charge on any atom is 0.118 e. The highest BCUT2D eigenvalue weighted by Gasteiger charge is 2.05. The summed E-state index contributed by atoms with van der Waals surface area (Å²) in [6.45, 7) is 0. The fourth-order valence-corrected chi connectivity index (χ4v) is 2.95.